The summed E-state index contributed by atoms with van der Waals surface area (Å²) < 4.78 is 1.83. The average molecular weight is 353 g/mol. The van der Waals surface area contributed by atoms with Gasteiger partial charge in [-0.2, -0.15) is 20.0 Å². The van der Waals surface area contributed by atoms with Crippen molar-refractivity contribution in [2.45, 2.75) is 6.92 Å². The highest BCUT2D eigenvalue weighted by Gasteiger charge is 2.11. The van der Waals surface area contributed by atoms with Gasteiger partial charge in [-0.25, -0.2) is 5.10 Å². The van der Waals surface area contributed by atoms with Crippen LogP contribution in [0, 0.1) is 11.7 Å². The summed E-state index contributed by atoms with van der Waals surface area (Å²) in [6.45, 7) is 1.90. The van der Waals surface area contributed by atoms with Crippen molar-refractivity contribution in [3.8, 4) is 11.5 Å². The molecule has 0 aliphatic rings. The lowest BCUT2D eigenvalue weighted by Crippen LogP contribution is -1.95. The Morgan fingerprint density at radius 3 is 2.82 bits per heavy atom. The number of H-pyrrole nitrogens is 2. The molecule has 22 heavy (non-hydrogen) atoms. The van der Waals surface area contributed by atoms with Crippen molar-refractivity contribution in [3.05, 3.63) is 50.3 Å². The lowest BCUT2D eigenvalue weighted by Gasteiger charge is -2.00. The molecule has 0 amide bonds. The van der Waals surface area contributed by atoms with E-state index in [1.54, 1.807) is 24.4 Å². The van der Waals surface area contributed by atoms with Crippen molar-refractivity contribution in [2.75, 3.05) is 0 Å². The van der Waals surface area contributed by atoms with E-state index < -0.39 is 0 Å². The molecule has 0 radical (unpaired) electrons. The van der Waals surface area contributed by atoms with Crippen molar-refractivity contribution in [1.82, 2.24) is 25.1 Å². The number of hydrogen-bond acceptors (Lipinski definition) is 4. The molecule has 0 bridgehead atoms. The summed E-state index contributed by atoms with van der Waals surface area (Å²) in [6.07, 6.45) is 1.57. The van der Waals surface area contributed by atoms with Gasteiger partial charge in [0.15, 0.2) is 0 Å². The van der Waals surface area contributed by atoms with E-state index in [9.17, 15) is 0 Å². The van der Waals surface area contributed by atoms with Crippen LogP contribution in [-0.4, -0.2) is 31.3 Å². The largest absolute Gasteiger partial charge is 0.282 e. The molecule has 112 valence electrons. The minimum Gasteiger partial charge on any atom is -0.282 e. The minimum absolute atomic E-state index is 0.352. The summed E-state index contributed by atoms with van der Waals surface area (Å²) in [5.41, 5.74) is 2.23. The average Bonchev–Trinajstić information content (AvgIpc) is 3.07. The second-order valence-electron chi connectivity index (χ2n) is 4.49. The standard InChI is InChI=1S/C13H10Cl2N6S/c1-7-5-10(18-17-7)12-19-20-13(22)21(12)16-6-8-3-2-4-9(14)11(8)15/h2-6H,1H3,(H,17,18)(H,20,22). The van der Waals surface area contributed by atoms with Crippen LogP contribution >= 0.6 is 35.4 Å². The number of aryl methyl sites for hydroxylation is 1. The first-order valence-corrected chi connectivity index (χ1v) is 7.41. The Bertz CT molecular complexity index is 907. The first-order chi connectivity index (χ1) is 10.6. The van der Waals surface area contributed by atoms with Gasteiger partial charge in [0.05, 0.1) is 16.3 Å². The number of aromatic amines is 2. The Morgan fingerprint density at radius 1 is 1.27 bits per heavy atom. The summed E-state index contributed by atoms with van der Waals surface area (Å²) >= 11 is 17.3. The first kappa shape index (κ1) is 15.0. The fourth-order valence-electron chi connectivity index (χ4n) is 1.84. The molecular weight excluding hydrogens is 343 g/mol. The van der Waals surface area contributed by atoms with Gasteiger partial charge in [-0.05, 0) is 31.3 Å². The Balaban J connectivity index is 2.03. The smallest absolute Gasteiger partial charge is 0.216 e. The summed E-state index contributed by atoms with van der Waals surface area (Å²) in [4.78, 5) is 0. The fraction of sp³-hybridized carbons (Fsp3) is 0.0769. The molecule has 1 aromatic carbocycles. The van der Waals surface area contributed by atoms with Gasteiger partial charge < -0.3 is 0 Å². The Hall–Kier alpha value is -1.96. The van der Waals surface area contributed by atoms with Gasteiger partial charge in [-0.15, -0.1) is 0 Å². The van der Waals surface area contributed by atoms with E-state index in [2.05, 4.69) is 25.5 Å². The molecular formula is C13H10Cl2N6S. The number of benzene rings is 1. The summed E-state index contributed by atoms with van der Waals surface area (Å²) in [5, 5.41) is 19.1. The Kier molecular flexibility index (Phi) is 4.10. The lowest BCUT2D eigenvalue weighted by molar-refractivity contribution is 0.865. The van der Waals surface area contributed by atoms with E-state index in [1.165, 1.54) is 4.68 Å². The summed E-state index contributed by atoms with van der Waals surface area (Å²) in [5.74, 6) is 0.503. The van der Waals surface area contributed by atoms with Gasteiger partial charge in [0.1, 0.15) is 5.69 Å². The molecule has 0 unspecified atom stereocenters. The molecule has 0 saturated heterocycles. The van der Waals surface area contributed by atoms with Gasteiger partial charge in [-0.3, -0.25) is 5.10 Å². The molecule has 2 N–H and O–H groups in total. The fourth-order valence-corrected chi connectivity index (χ4v) is 2.37. The summed E-state index contributed by atoms with van der Waals surface area (Å²) in [6, 6.07) is 7.16. The molecule has 2 aromatic heterocycles. The van der Waals surface area contributed by atoms with E-state index in [-0.39, 0.29) is 0 Å². The minimum atomic E-state index is 0.352. The molecule has 3 rings (SSSR count). The van der Waals surface area contributed by atoms with E-state index in [0.717, 1.165) is 5.69 Å². The van der Waals surface area contributed by atoms with Crippen LogP contribution in [0.3, 0.4) is 0 Å². The molecule has 0 spiro atoms. The van der Waals surface area contributed by atoms with Crippen LogP contribution in [0.1, 0.15) is 11.3 Å². The number of nitrogens with zero attached hydrogens (tertiary/aromatic N) is 4. The van der Waals surface area contributed by atoms with Crippen LogP contribution in [-0.2, 0) is 0 Å². The van der Waals surface area contributed by atoms with Gasteiger partial charge in [-0.1, -0.05) is 35.3 Å². The van der Waals surface area contributed by atoms with Crippen LogP contribution in [0.15, 0.2) is 29.4 Å². The van der Waals surface area contributed by atoms with Gasteiger partial charge in [0.25, 0.3) is 0 Å². The van der Waals surface area contributed by atoms with E-state index in [4.69, 9.17) is 35.4 Å². The zero-order chi connectivity index (χ0) is 15.7. The van der Waals surface area contributed by atoms with Crippen molar-refractivity contribution < 1.29 is 0 Å². The third-order valence-electron chi connectivity index (χ3n) is 2.88. The number of hydrogen-bond donors (Lipinski definition) is 2. The van der Waals surface area contributed by atoms with Crippen LogP contribution in [0.4, 0.5) is 0 Å². The molecule has 6 nitrogen and oxygen atoms in total. The predicted molar refractivity (Wildman–Crippen MR) is 89.2 cm³/mol. The number of nitrogens with one attached hydrogen (secondary N) is 2. The van der Waals surface area contributed by atoms with Gasteiger partial charge in [0, 0.05) is 11.3 Å². The monoisotopic (exact) mass is 352 g/mol. The quantitative estimate of drug-likeness (QED) is 0.555. The highest BCUT2D eigenvalue weighted by Crippen LogP contribution is 2.24. The van der Waals surface area contributed by atoms with Crippen molar-refractivity contribution in [2.24, 2.45) is 5.10 Å². The molecule has 0 atom stereocenters. The van der Waals surface area contributed by atoms with E-state index >= 15 is 0 Å². The number of aromatic nitrogens is 5. The molecule has 0 aliphatic carbocycles. The number of rotatable bonds is 3. The molecule has 0 fully saturated rings. The maximum Gasteiger partial charge on any atom is 0.216 e. The summed E-state index contributed by atoms with van der Waals surface area (Å²) in [7, 11) is 0. The second kappa shape index (κ2) is 6.04. The van der Waals surface area contributed by atoms with Crippen molar-refractivity contribution in [1.29, 1.82) is 0 Å². The lowest BCUT2D eigenvalue weighted by atomic mass is 10.2. The van der Waals surface area contributed by atoms with Crippen molar-refractivity contribution >= 4 is 41.6 Å². The van der Waals surface area contributed by atoms with E-state index in [1.807, 2.05) is 13.0 Å². The molecule has 3 aromatic rings. The van der Waals surface area contributed by atoms with E-state index in [0.29, 0.717) is 31.9 Å². The maximum absolute atomic E-state index is 6.13. The van der Waals surface area contributed by atoms with Crippen LogP contribution in [0.25, 0.3) is 11.5 Å². The first-order valence-electron chi connectivity index (χ1n) is 6.24. The zero-order valence-electron chi connectivity index (χ0n) is 11.3. The second-order valence-corrected chi connectivity index (χ2v) is 5.66. The van der Waals surface area contributed by atoms with Gasteiger partial charge in [0.2, 0.25) is 10.6 Å². The third-order valence-corrected chi connectivity index (χ3v) is 3.98. The molecule has 0 aliphatic heterocycles. The zero-order valence-corrected chi connectivity index (χ0v) is 13.7. The highest BCUT2D eigenvalue weighted by atomic mass is 35.5. The Labute approximate surface area is 140 Å². The van der Waals surface area contributed by atoms with Crippen molar-refractivity contribution in [3.63, 3.8) is 0 Å². The van der Waals surface area contributed by atoms with Crippen LogP contribution in [0.5, 0.6) is 0 Å². The Morgan fingerprint density at radius 2 is 2.09 bits per heavy atom. The van der Waals surface area contributed by atoms with Crippen LogP contribution in [0.2, 0.25) is 10.0 Å². The highest BCUT2D eigenvalue weighted by molar-refractivity contribution is 7.71. The molecule has 0 saturated carbocycles. The van der Waals surface area contributed by atoms with Gasteiger partial charge >= 0.3 is 0 Å². The number of halogens is 2. The predicted octanol–water partition coefficient (Wildman–Crippen LogP) is 3.83. The molecule has 2 heterocycles. The normalized spacial score (nSPS) is 11.4. The maximum atomic E-state index is 6.13. The topological polar surface area (TPSA) is 74.7 Å². The molecule has 9 heteroatoms. The SMILES string of the molecule is Cc1cc(-c2n[nH]c(=S)n2N=Cc2cccc(Cl)c2Cl)n[nH]1. The third kappa shape index (κ3) is 2.83. The van der Waals surface area contributed by atoms with Crippen LogP contribution < -0.4 is 0 Å².